The van der Waals surface area contributed by atoms with E-state index < -0.39 is 0 Å². The first kappa shape index (κ1) is 15.2. The number of nitrogens with zero attached hydrogens (tertiary/aromatic N) is 1. The summed E-state index contributed by atoms with van der Waals surface area (Å²) in [7, 11) is 0. The molecule has 4 heteroatoms. The molecule has 0 atom stereocenters. The highest BCUT2D eigenvalue weighted by Gasteiger charge is 2.13. The summed E-state index contributed by atoms with van der Waals surface area (Å²) >= 11 is 0. The van der Waals surface area contributed by atoms with Crippen molar-refractivity contribution in [3.8, 4) is 11.3 Å². The van der Waals surface area contributed by atoms with Gasteiger partial charge in [0, 0.05) is 22.2 Å². The van der Waals surface area contributed by atoms with Crippen molar-refractivity contribution in [2.75, 3.05) is 0 Å². The fraction of sp³-hybridized carbons (Fsp3) is 0.211. The van der Waals surface area contributed by atoms with Crippen molar-refractivity contribution in [3.63, 3.8) is 0 Å². The molecule has 0 amide bonds. The van der Waals surface area contributed by atoms with Crippen molar-refractivity contribution >= 4 is 16.7 Å². The van der Waals surface area contributed by atoms with Gasteiger partial charge in [0.05, 0.1) is 0 Å². The Labute approximate surface area is 135 Å². The molecule has 118 valence electrons. The van der Waals surface area contributed by atoms with E-state index in [0.29, 0.717) is 0 Å². The van der Waals surface area contributed by atoms with Gasteiger partial charge in [0.15, 0.2) is 5.84 Å². The van der Waals surface area contributed by atoms with Gasteiger partial charge in [-0.05, 0) is 61.7 Å². The van der Waals surface area contributed by atoms with Crippen molar-refractivity contribution in [1.82, 2.24) is 4.98 Å². The van der Waals surface area contributed by atoms with Gasteiger partial charge in [-0.3, -0.25) is 0 Å². The molecule has 0 aliphatic carbocycles. The van der Waals surface area contributed by atoms with Crippen LogP contribution in [0.1, 0.15) is 29.2 Å². The van der Waals surface area contributed by atoms with Crippen molar-refractivity contribution in [1.29, 1.82) is 0 Å². The Bertz CT molecular complexity index is 886. The maximum Gasteiger partial charge on any atom is 0.170 e. The van der Waals surface area contributed by atoms with Crippen molar-refractivity contribution in [2.45, 2.75) is 27.2 Å². The minimum absolute atomic E-state index is 0.128. The minimum Gasteiger partial charge on any atom is -0.409 e. The predicted octanol–water partition coefficient (Wildman–Crippen LogP) is 4.11. The third-order valence-electron chi connectivity index (χ3n) is 4.17. The topological polar surface area (TPSA) is 74.4 Å². The molecule has 3 rings (SSSR count). The molecule has 0 radical (unpaired) electrons. The molecule has 0 saturated heterocycles. The number of hydrogen-bond donors (Lipinski definition) is 3. The smallest absolute Gasteiger partial charge is 0.170 e. The number of oxime groups is 1. The molecule has 0 bridgehead atoms. The molecule has 0 aliphatic heterocycles. The van der Waals surface area contributed by atoms with Crippen LogP contribution in [-0.2, 0) is 6.42 Å². The summed E-state index contributed by atoms with van der Waals surface area (Å²) in [5.41, 5.74) is 13.6. The Morgan fingerprint density at radius 2 is 1.83 bits per heavy atom. The molecular weight excluding hydrogens is 286 g/mol. The summed E-state index contributed by atoms with van der Waals surface area (Å²) in [6.45, 7) is 6.37. The fourth-order valence-electron chi connectivity index (χ4n) is 3.20. The number of hydrogen-bond acceptors (Lipinski definition) is 2. The monoisotopic (exact) mass is 307 g/mol. The van der Waals surface area contributed by atoms with E-state index in [9.17, 15) is 0 Å². The van der Waals surface area contributed by atoms with Crippen molar-refractivity contribution in [2.24, 2.45) is 10.9 Å². The Morgan fingerprint density at radius 1 is 1.13 bits per heavy atom. The summed E-state index contributed by atoms with van der Waals surface area (Å²) in [4.78, 5) is 3.53. The molecule has 2 aromatic carbocycles. The number of fused-ring (bicyclic) bond motifs is 1. The minimum atomic E-state index is 0.128. The van der Waals surface area contributed by atoms with E-state index in [2.05, 4.69) is 49.1 Å². The number of aromatic amines is 1. The van der Waals surface area contributed by atoms with Crippen LogP contribution < -0.4 is 5.73 Å². The van der Waals surface area contributed by atoms with Crippen LogP contribution in [0.25, 0.3) is 22.2 Å². The molecule has 0 aliphatic rings. The van der Waals surface area contributed by atoms with Crippen LogP contribution in [0.3, 0.4) is 0 Å². The van der Waals surface area contributed by atoms with E-state index in [0.717, 1.165) is 28.6 Å². The van der Waals surface area contributed by atoms with Crippen molar-refractivity contribution < 1.29 is 5.21 Å². The lowest BCUT2D eigenvalue weighted by atomic mass is 9.99. The molecule has 0 saturated carbocycles. The van der Waals surface area contributed by atoms with Crippen LogP contribution in [0.2, 0.25) is 0 Å². The van der Waals surface area contributed by atoms with E-state index in [1.807, 2.05) is 18.2 Å². The Hall–Kier alpha value is -2.75. The van der Waals surface area contributed by atoms with E-state index in [1.165, 1.54) is 22.3 Å². The number of H-pyrrole nitrogens is 1. The van der Waals surface area contributed by atoms with Gasteiger partial charge in [-0.25, -0.2) is 0 Å². The fourth-order valence-corrected chi connectivity index (χ4v) is 3.20. The predicted molar refractivity (Wildman–Crippen MR) is 95.1 cm³/mol. The number of rotatable bonds is 3. The summed E-state index contributed by atoms with van der Waals surface area (Å²) in [5, 5.41) is 13.1. The first-order valence-electron chi connectivity index (χ1n) is 7.74. The standard InChI is InChI=1S/C19H21N3O/c1-4-15-16-10-13(19(20)22-23)5-6-17(16)21-18(15)14-8-11(2)7-12(3)9-14/h5-10,21,23H,4H2,1-3H3,(H2,20,22). The molecule has 4 N–H and O–H groups in total. The van der Waals surface area contributed by atoms with Gasteiger partial charge in [-0.15, -0.1) is 0 Å². The Kier molecular flexibility index (Phi) is 3.82. The summed E-state index contributed by atoms with van der Waals surface area (Å²) < 4.78 is 0. The maximum atomic E-state index is 8.89. The van der Waals surface area contributed by atoms with Crippen LogP contribution in [-0.4, -0.2) is 16.0 Å². The SMILES string of the molecule is CCc1c(-c2cc(C)cc(C)c2)[nH]c2ccc(C(N)=NO)cc12. The van der Waals surface area contributed by atoms with Crippen LogP contribution in [0.4, 0.5) is 0 Å². The van der Waals surface area contributed by atoms with Crippen LogP contribution in [0.15, 0.2) is 41.6 Å². The van der Waals surface area contributed by atoms with Gasteiger partial charge in [0.1, 0.15) is 0 Å². The van der Waals surface area contributed by atoms with E-state index in [-0.39, 0.29) is 5.84 Å². The van der Waals surface area contributed by atoms with E-state index >= 15 is 0 Å². The second-order valence-electron chi connectivity index (χ2n) is 5.95. The molecule has 0 spiro atoms. The highest BCUT2D eigenvalue weighted by molar-refractivity contribution is 6.02. The van der Waals surface area contributed by atoms with E-state index in [1.54, 1.807) is 0 Å². The Morgan fingerprint density at radius 3 is 2.43 bits per heavy atom. The summed E-state index contributed by atoms with van der Waals surface area (Å²) in [6.07, 6.45) is 0.905. The third-order valence-corrected chi connectivity index (χ3v) is 4.17. The lowest BCUT2D eigenvalue weighted by Crippen LogP contribution is -2.12. The highest BCUT2D eigenvalue weighted by atomic mass is 16.4. The molecule has 0 fully saturated rings. The second kappa shape index (κ2) is 5.80. The molecule has 0 unspecified atom stereocenters. The molecule has 1 aromatic heterocycles. The molecule has 3 aromatic rings. The number of amidine groups is 1. The normalized spacial score (nSPS) is 12.0. The second-order valence-corrected chi connectivity index (χ2v) is 5.95. The van der Waals surface area contributed by atoms with Gasteiger partial charge in [0.2, 0.25) is 0 Å². The first-order valence-corrected chi connectivity index (χ1v) is 7.74. The van der Waals surface area contributed by atoms with Crippen LogP contribution in [0.5, 0.6) is 0 Å². The number of aromatic nitrogens is 1. The maximum absolute atomic E-state index is 8.89. The summed E-state index contributed by atoms with van der Waals surface area (Å²) in [6, 6.07) is 12.4. The lowest BCUT2D eigenvalue weighted by Gasteiger charge is -2.06. The average molecular weight is 307 g/mol. The van der Waals surface area contributed by atoms with Gasteiger partial charge >= 0.3 is 0 Å². The zero-order valence-corrected chi connectivity index (χ0v) is 13.6. The zero-order chi connectivity index (χ0) is 16.6. The Balaban J connectivity index is 2.25. The number of aryl methyl sites for hydroxylation is 3. The average Bonchev–Trinajstić information content (AvgIpc) is 2.90. The van der Waals surface area contributed by atoms with Gasteiger partial charge in [-0.2, -0.15) is 0 Å². The van der Waals surface area contributed by atoms with Gasteiger partial charge in [0.25, 0.3) is 0 Å². The molecule has 23 heavy (non-hydrogen) atoms. The zero-order valence-electron chi connectivity index (χ0n) is 13.6. The van der Waals surface area contributed by atoms with Crippen molar-refractivity contribution in [3.05, 3.63) is 58.7 Å². The van der Waals surface area contributed by atoms with Crippen LogP contribution in [0, 0.1) is 13.8 Å². The summed E-state index contributed by atoms with van der Waals surface area (Å²) in [5.74, 6) is 0.128. The van der Waals surface area contributed by atoms with Gasteiger partial charge in [-0.1, -0.05) is 29.3 Å². The lowest BCUT2D eigenvalue weighted by molar-refractivity contribution is 0.318. The molecular formula is C19H21N3O. The van der Waals surface area contributed by atoms with E-state index in [4.69, 9.17) is 10.9 Å². The largest absolute Gasteiger partial charge is 0.409 e. The van der Waals surface area contributed by atoms with Crippen LogP contribution >= 0.6 is 0 Å². The highest BCUT2D eigenvalue weighted by Crippen LogP contribution is 2.32. The number of nitrogens with one attached hydrogen (secondary N) is 1. The quantitative estimate of drug-likeness (QED) is 0.295. The molecule has 1 heterocycles. The number of nitrogens with two attached hydrogens (primary N) is 1. The molecule has 4 nitrogen and oxygen atoms in total. The first-order chi connectivity index (χ1) is 11.0. The van der Waals surface area contributed by atoms with Gasteiger partial charge < -0.3 is 15.9 Å². The number of benzene rings is 2. The third kappa shape index (κ3) is 2.68.